The van der Waals surface area contributed by atoms with E-state index in [1.54, 1.807) is 0 Å². The van der Waals surface area contributed by atoms with Gasteiger partial charge in [0.25, 0.3) is 0 Å². The van der Waals surface area contributed by atoms with Crippen molar-refractivity contribution in [1.82, 2.24) is 5.32 Å². The summed E-state index contributed by atoms with van der Waals surface area (Å²) in [7, 11) is 0. The number of hydrogen-bond acceptors (Lipinski definition) is 1. The van der Waals surface area contributed by atoms with Crippen LogP contribution in [0.1, 0.15) is 40.5 Å². The zero-order valence-corrected chi connectivity index (χ0v) is 8.78. The summed E-state index contributed by atoms with van der Waals surface area (Å²) >= 11 is 0. The van der Waals surface area contributed by atoms with Gasteiger partial charge in [0.1, 0.15) is 0 Å². The van der Waals surface area contributed by atoms with Crippen molar-refractivity contribution in [3.05, 3.63) is 24.6 Å². The summed E-state index contributed by atoms with van der Waals surface area (Å²) in [6, 6.07) is 0. The van der Waals surface area contributed by atoms with Gasteiger partial charge in [-0.05, 0) is 31.4 Å². The Bertz CT molecular complexity index is 160. The van der Waals surface area contributed by atoms with Gasteiger partial charge >= 0.3 is 0 Å². The van der Waals surface area contributed by atoms with Gasteiger partial charge in [-0.1, -0.05) is 33.4 Å². The highest BCUT2D eigenvalue weighted by Gasteiger charge is 2.09. The Hall–Kier alpha value is -0.720. The van der Waals surface area contributed by atoms with E-state index in [1.165, 1.54) is 6.42 Å². The Morgan fingerprint density at radius 3 is 2.42 bits per heavy atom. The van der Waals surface area contributed by atoms with Crippen LogP contribution in [0.4, 0.5) is 0 Å². The van der Waals surface area contributed by atoms with E-state index in [4.69, 9.17) is 0 Å². The summed E-state index contributed by atoms with van der Waals surface area (Å²) in [6.07, 6.45) is 6.12. The highest BCUT2D eigenvalue weighted by Crippen LogP contribution is 2.21. The van der Waals surface area contributed by atoms with Crippen molar-refractivity contribution in [3.63, 3.8) is 0 Å². The minimum atomic E-state index is 0.403. The average molecular weight is 167 g/mol. The standard InChI is InChI=1S/C11H21N/c1-6-9-12-10(2)7-8-11(3,4)5/h6,9,12H,2,7-8H2,1,3-5H3/b9-6-. The molecule has 0 unspecified atom stereocenters. The minimum Gasteiger partial charge on any atom is -0.366 e. The fraction of sp³-hybridized carbons (Fsp3) is 0.636. The molecular weight excluding hydrogens is 146 g/mol. The van der Waals surface area contributed by atoms with E-state index in [2.05, 4.69) is 32.7 Å². The number of allylic oxidation sites excluding steroid dienone is 2. The van der Waals surface area contributed by atoms with Crippen molar-refractivity contribution in [2.24, 2.45) is 5.41 Å². The molecule has 0 saturated heterocycles. The zero-order chi connectivity index (χ0) is 9.61. The van der Waals surface area contributed by atoms with Crippen LogP contribution >= 0.6 is 0 Å². The fourth-order valence-corrected chi connectivity index (χ4v) is 0.799. The lowest BCUT2D eigenvalue weighted by molar-refractivity contribution is 0.375. The molecule has 0 aliphatic rings. The lowest BCUT2D eigenvalue weighted by atomic mass is 9.90. The Kier molecular flexibility index (Phi) is 4.72. The molecule has 0 aromatic carbocycles. The van der Waals surface area contributed by atoms with E-state index in [1.807, 2.05) is 19.2 Å². The molecule has 12 heavy (non-hydrogen) atoms. The van der Waals surface area contributed by atoms with E-state index in [-0.39, 0.29) is 0 Å². The molecule has 70 valence electrons. The van der Waals surface area contributed by atoms with Crippen molar-refractivity contribution in [3.8, 4) is 0 Å². The summed E-state index contributed by atoms with van der Waals surface area (Å²) in [5, 5.41) is 3.13. The highest BCUT2D eigenvalue weighted by atomic mass is 14.8. The third kappa shape index (κ3) is 7.39. The molecule has 0 bridgehead atoms. The highest BCUT2D eigenvalue weighted by molar-refractivity contribution is 4.97. The van der Waals surface area contributed by atoms with Crippen molar-refractivity contribution >= 4 is 0 Å². The molecule has 0 fully saturated rings. The second kappa shape index (κ2) is 5.02. The Morgan fingerprint density at radius 1 is 1.42 bits per heavy atom. The quantitative estimate of drug-likeness (QED) is 0.676. The van der Waals surface area contributed by atoms with Gasteiger partial charge in [0.05, 0.1) is 0 Å². The van der Waals surface area contributed by atoms with Gasteiger partial charge in [0.2, 0.25) is 0 Å². The summed E-state index contributed by atoms with van der Waals surface area (Å²) < 4.78 is 0. The zero-order valence-electron chi connectivity index (χ0n) is 8.78. The molecule has 0 spiro atoms. The van der Waals surface area contributed by atoms with E-state index in [9.17, 15) is 0 Å². The predicted molar refractivity (Wildman–Crippen MR) is 55.8 cm³/mol. The molecule has 0 aromatic heterocycles. The normalized spacial score (nSPS) is 12.0. The SMILES string of the molecule is C=C(CCC(C)(C)C)N/C=C\C. The van der Waals surface area contributed by atoms with Crippen LogP contribution in [-0.4, -0.2) is 0 Å². The fourth-order valence-electron chi connectivity index (χ4n) is 0.799. The van der Waals surface area contributed by atoms with Crippen LogP contribution in [0.2, 0.25) is 0 Å². The van der Waals surface area contributed by atoms with Crippen LogP contribution in [0.3, 0.4) is 0 Å². The summed E-state index contributed by atoms with van der Waals surface area (Å²) in [4.78, 5) is 0. The smallest absolute Gasteiger partial charge is 0.00734 e. The number of hydrogen-bond donors (Lipinski definition) is 1. The molecule has 0 rings (SSSR count). The molecule has 1 nitrogen and oxygen atoms in total. The topological polar surface area (TPSA) is 12.0 Å². The summed E-state index contributed by atoms with van der Waals surface area (Å²) in [6.45, 7) is 12.7. The van der Waals surface area contributed by atoms with Gasteiger partial charge in [0.15, 0.2) is 0 Å². The molecule has 0 aliphatic carbocycles. The van der Waals surface area contributed by atoms with Crippen molar-refractivity contribution in [2.45, 2.75) is 40.5 Å². The molecule has 0 amide bonds. The van der Waals surface area contributed by atoms with Crippen LogP contribution in [-0.2, 0) is 0 Å². The van der Waals surface area contributed by atoms with Gasteiger partial charge in [-0.25, -0.2) is 0 Å². The maximum absolute atomic E-state index is 3.93. The van der Waals surface area contributed by atoms with Crippen LogP contribution in [0.5, 0.6) is 0 Å². The molecule has 1 N–H and O–H groups in total. The second-order valence-electron chi connectivity index (χ2n) is 4.31. The van der Waals surface area contributed by atoms with Crippen LogP contribution in [0.15, 0.2) is 24.6 Å². The molecular formula is C11H21N. The Labute approximate surface area is 76.6 Å². The lowest BCUT2D eigenvalue weighted by Crippen LogP contribution is -2.09. The van der Waals surface area contributed by atoms with Crippen molar-refractivity contribution < 1.29 is 0 Å². The number of rotatable bonds is 4. The average Bonchev–Trinajstić information content (AvgIpc) is 1.95. The molecule has 0 atom stereocenters. The Balaban J connectivity index is 3.58. The van der Waals surface area contributed by atoms with E-state index in [0.717, 1.165) is 12.1 Å². The van der Waals surface area contributed by atoms with Gasteiger partial charge in [0, 0.05) is 5.70 Å². The second-order valence-corrected chi connectivity index (χ2v) is 4.31. The third-order valence-electron chi connectivity index (χ3n) is 1.63. The molecule has 0 heterocycles. The van der Waals surface area contributed by atoms with E-state index in [0.29, 0.717) is 5.41 Å². The summed E-state index contributed by atoms with van der Waals surface area (Å²) in [5.41, 5.74) is 1.50. The van der Waals surface area contributed by atoms with Crippen LogP contribution < -0.4 is 5.32 Å². The van der Waals surface area contributed by atoms with Gasteiger partial charge in [-0.15, -0.1) is 0 Å². The minimum absolute atomic E-state index is 0.403. The van der Waals surface area contributed by atoms with E-state index < -0.39 is 0 Å². The predicted octanol–water partition coefficient (Wildman–Crippen LogP) is 3.45. The monoisotopic (exact) mass is 167 g/mol. The number of nitrogens with one attached hydrogen (secondary N) is 1. The molecule has 0 aliphatic heterocycles. The largest absolute Gasteiger partial charge is 0.366 e. The van der Waals surface area contributed by atoms with Crippen LogP contribution in [0.25, 0.3) is 0 Å². The van der Waals surface area contributed by atoms with E-state index >= 15 is 0 Å². The Morgan fingerprint density at radius 2 is 2.00 bits per heavy atom. The first-order valence-electron chi connectivity index (χ1n) is 4.51. The third-order valence-corrected chi connectivity index (χ3v) is 1.63. The van der Waals surface area contributed by atoms with Gasteiger partial charge < -0.3 is 5.32 Å². The summed E-state index contributed by atoms with van der Waals surface area (Å²) in [5.74, 6) is 0. The first-order chi connectivity index (χ1) is 5.45. The van der Waals surface area contributed by atoms with Gasteiger partial charge in [-0.2, -0.15) is 0 Å². The lowest BCUT2D eigenvalue weighted by Gasteiger charge is -2.18. The van der Waals surface area contributed by atoms with Crippen molar-refractivity contribution in [2.75, 3.05) is 0 Å². The van der Waals surface area contributed by atoms with Gasteiger partial charge in [-0.3, -0.25) is 0 Å². The molecule has 0 aromatic rings. The molecule has 0 radical (unpaired) electrons. The molecule has 1 heteroatoms. The van der Waals surface area contributed by atoms with Crippen molar-refractivity contribution in [1.29, 1.82) is 0 Å². The first-order valence-corrected chi connectivity index (χ1v) is 4.51. The first kappa shape index (κ1) is 11.3. The maximum Gasteiger partial charge on any atom is 0.00734 e. The van der Waals surface area contributed by atoms with Crippen LogP contribution in [0, 0.1) is 5.41 Å². The maximum atomic E-state index is 3.93. The molecule has 0 saturated carbocycles.